The quantitative estimate of drug-likeness (QED) is 0.802. The molecule has 0 spiro atoms. The van der Waals surface area contributed by atoms with E-state index in [1.165, 1.54) is 0 Å². The Morgan fingerprint density at radius 1 is 1.41 bits per heavy atom. The van der Waals surface area contributed by atoms with Crippen molar-refractivity contribution in [2.75, 3.05) is 6.54 Å². The van der Waals surface area contributed by atoms with Crippen molar-refractivity contribution >= 4 is 18.3 Å². The van der Waals surface area contributed by atoms with Crippen LogP contribution in [0.15, 0.2) is 0 Å². The third kappa shape index (κ3) is 4.84. The zero-order valence-corrected chi connectivity index (χ0v) is 12.5. The molecule has 0 bridgehead atoms. The van der Waals surface area contributed by atoms with E-state index < -0.39 is 0 Å². The molecule has 2 N–H and O–H groups in total. The van der Waals surface area contributed by atoms with Gasteiger partial charge in [0.15, 0.2) is 0 Å². The first kappa shape index (κ1) is 16.7. The predicted molar refractivity (Wildman–Crippen MR) is 74.5 cm³/mol. The predicted octanol–water partition coefficient (Wildman–Crippen LogP) is 2.35. The molecule has 3 nitrogen and oxygen atoms in total. The van der Waals surface area contributed by atoms with Crippen LogP contribution < -0.4 is 10.6 Å². The molecule has 3 atom stereocenters. The van der Waals surface area contributed by atoms with Crippen LogP contribution in [-0.2, 0) is 4.79 Å². The highest BCUT2D eigenvalue weighted by molar-refractivity contribution is 5.85. The lowest BCUT2D eigenvalue weighted by Gasteiger charge is -2.33. The lowest BCUT2D eigenvalue weighted by atomic mass is 9.81. The molecule has 1 aliphatic heterocycles. The Hall–Kier alpha value is -0.280. The fourth-order valence-corrected chi connectivity index (χ4v) is 1.94. The molecule has 17 heavy (non-hydrogen) atoms. The van der Waals surface area contributed by atoms with Gasteiger partial charge in [0.05, 0.1) is 0 Å². The Bertz CT molecular complexity index is 250. The van der Waals surface area contributed by atoms with Crippen LogP contribution in [0.1, 0.15) is 47.5 Å². The lowest BCUT2D eigenvalue weighted by molar-refractivity contribution is -0.128. The van der Waals surface area contributed by atoms with Gasteiger partial charge in [0.25, 0.3) is 0 Å². The van der Waals surface area contributed by atoms with Crippen molar-refractivity contribution in [2.45, 2.75) is 59.5 Å². The van der Waals surface area contributed by atoms with Crippen LogP contribution in [0.4, 0.5) is 0 Å². The molecule has 0 aliphatic carbocycles. The monoisotopic (exact) mass is 262 g/mol. The van der Waals surface area contributed by atoms with E-state index in [9.17, 15) is 4.79 Å². The molecule has 0 aromatic rings. The molecule has 0 saturated carbocycles. The Balaban J connectivity index is 0.00000256. The number of carbonyl (C=O) groups excluding carboxylic acids is 1. The van der Waals surface area contributed by atoms with Gasteiger partial charge in [-0.05, 0) is 31.7 Å². The summed E-state index contributed by atoms with van der Waals surface area (Å²) in [5, 5.41) is 6.57. The van der Waals surface area contributed by atoms with Gasteiger partial charge in [0.2, 0.25) is 5.91 Å². The third-order valence-electron chi connectivity index (χ3n) is 3.78. The molecule has 0 radical (unpaired) electrons. The zero-order valence-electron chi connectivity index (χ0n) is 11.7. The van der Waals surface area contributed by atoms with Gasteiger partial charge >= 0.3 is 0 Å². The topological polar surface area (TPSA) is 41.1 Å². The van der Waals surface area contributed by atoms with E-state index in [0.717, 1.165) is 19.4 Å². The summed E-state index contributed by atoms with van der Waals surface area (Å²) >= 11 is 0. The van der Waals surface area contributed by atoms with E-state index in [4.69, 9.17) is 0 Å². The molecular formula is C13H27ClN2O. The summed E-state index contributed by atoms with van der Waals surface area (Å²) in [6.07, 6.45) is 2.25. The minimum atomic E-state index is 0. The highest BCUT2D eigenvalue weighted by Crippen LogP contribution is 2.25. The Labute approximate surface area is 112 Å². The van der Waals surface area contributed by atoms with Crippen molar-refractivity contribution in [3.8, 4) is 0 Å². The maximum atomic E-state index is 12.1. The summed E-state index contributed by atoms with van der Waals surface area (Å²) in [6, 6.07) is 0.691. The van der Waals surface area contributed by atoms with Crippen molar-refractivity contribution in [1.82, 2.24) is 10.6 Å². The molecule has 0 aromatic carbocycles. The van der Waals surface area contributed by atoms with Gasteiger partial charge < -0.3 is 10.6 Å². The first-order valence-corrected chi connectivity index (χ1v) is 6.36. The largest absolute Gasteiger partial charge is 0.352 e. The van der Waals surface area contributed by atoms with Gasteiger partial charge in [-0.1, -0.05) is 27.7 Å². The number of hydrogen-bond donors (Lipinski definition) is 2. The van der Waals surface area contributed by atoms with Crippen molar-refractivity contribution < 1.29 is 4.79 Å². The standard InChI is InChI=1S/C13H26N2O.ClH/c1-9(13(3,4)5)12(16)15-11-7-6-8-14-10(11)2;/h9-11,14H,6-8H2,1-5H3,(H,15,16);1H. The number of rotatable bonds is 2. The fraction of sp³-hybridized carbons (Fsp3) is 0.923. The third-order valence-corrected chi connectivity index (χ3v) is 3.78. The number of carbonyl (C=O) groups is 1. The smallest absolute Gasteiger partial charge is 0.223 e. The molecule has 1 heterocycles. The Morgan fingerprint density at radius 2 is 2.00 bits per heavy atom. The SMILES string of the molecule is CC1NCCCC1NC(=O)C(C)C(C)(C)C.Cl. The van der Waals surface area contributed by atoms with Crippen LogP contribution in [-0.4, -0.2) is 24.5 Å². The number of halogens is 1. The van der Waals surface area contributed by atoms with Gasteiger partial charge in [0, 0.05) is 18.0 Å². The zero-order chi connectivity index (χ0) is 12.3. The second-order valence-electron chi connectivity index (χ2n) is 6.09. The van der Waals surface area contributed by atoms with Gasteiger partial charge in [-0.25, -0.2) is 0 Å². The summed E-state index contributed by atoms with van der Waals surface area (Å²) < 4.78 is 0. The highest BCUT2D eigenvalue weighted by atomic mass is 35.5. The fourth-order valence-electron chi connectivity index (χ4n) is 1.94. The number of piperidine rings is 1. The summed E-state index contributed by atoms with van der Waals surface area (Å²) in [7, 11) is 0. The van der Waals surface area contributed by atoms with E-state index in [1.807, 2.05) is 6.92 Å². The number of amides is 1. The van der Waals surface area contributed by atoms with E-state index in [2.05, 4.69) is 38.3 Å². The average Bonchev–Trinajstić information content (AvgIpc) is 2.19. The summed E-state index contributed by atoms with van der Waals surface area (Å²) in [4.78, 5) is 12.1. The minimum absolute atomic E-state index is 0. The normalized spacial score (nSPS) is 26.9. The van der Waals surface area contributed by atoms with E-state index in [-0.39, 0.29) is 29.6 Å². The lowest BCUT2D eigenvalue weighted by Crippen LogP contribution is -2.53. The van der Waals surface area contributed by atoms with Gasteiger partial charge in [-0.3, -0.25) is 4.79 Å². The first-order chi connectivity index (χ1) is 7.32. The van der Waals surface area contributed by atoms with E-state index >= 15 is 0 Å². The van der Waals surface area contributed by atoms with Crippen molar-refractivity contribution in [3.63, 3.8) is 0 Å². The second-order valence-corrected chi connectivity index (χ2v) is 6.09. The van der Waals surface area contributed by atoms with Crippen LogP contribution >= 0.6 is 12.4 Å². The molecule has 4 heteroatoms. The summed E-state index contributed by atoms with van der Waals surface area (Å²) in [6.45, 7) is 11.6. The molecule has 0 aromatic heterocycles. The summed E-state index contributed by atoms with van der Waals surface area (Å²) in [5.41, 5.74) is 0.0371. The Morgan fingerprint density at radius 3 is 2.47 bits per heavy atom. The number of nitrogens with one attached hydrogen (secondary N) is 2. The maximum Gasteiger partial charge on any atom is 0.223 e. The Kier molecular flexibility index (Phi) is 6.49. The first-order valence-electron chi connectivity index (χ1n) is 6.36. The maximum absolute atomic E-state index is 12.1. The molecule has 1 rings (SSSR count). The second kappa shape index (κ2) is 6.60. The van der Waals surface area contributed by atoms with E-state index in [1.54, 1.807) is 0 Å². The minimum Gasteiger partial charge on any atom is -0.352 e. The number of hydrogen-bond acceptors (Lipinski definition) is 2. The highest BCUT2D eigenvalue weighted by Gasteiger charge is 2.30. The molecular weight excluding hydrogens is 236 g/mol. The molecule has 1 fully saturated rings. The van der Waals surface area contributed by atoms with Crippen molar-refractivity contribution in [1.29, 1.82) is 0 Å². The molecule has 1 aliphatic rings. The molecule has 1 saturated heterocycles. The average molecular weight is 263 g/mol. The summed E-state index contributed by atoms with van der Waals surface area (Å²) in [5.74, 6) is 0.245. The molecule has 1 amide bonds. The van der Waals surface area contributed by atoms with Crippen LogP contribution in [0.2, 0.25) is 0 Å². The molecule has 3 unspecified atom stereocenters. The van der Waals surface area contributed by atoms with Crippen molar-refractivity contribution in [3.05, 3.63) is 0 Å². The van der Waals surface area contributed by atoms with Gasteiger partial charge in [-0.2, -0.15) is 0 Å². The molecule has 102 valence electrons. The van der Waals surface area contributed by atoms with Crippen LogP contribution in [0, 0.1) is 11.3 Å². The van der Waals surface area contributed by atoms with Crippen LogP contribution in [0.25, 0.3) is 0 Å². The van der Waals surface area contributed by atoms with Crippen LogP contribution in [0.5, 0.6) is 0 Å². The van der Waals surface area contributed by atoms with Crippen molar-refractivity contribution in [2.24, 2.45) is 11.3 Å². The van der Waals surface area contributed by atoms with E-state index in [0.29, 0.717) is 12.1 Å². The van der Waals surface area contributed by atoms with Gasteiger partial charge in [-0.15, -0.1) is 12.4 Å². The van der Waals surface area contributed by atoms with Crippen LogP contribution in [0.3, 0.4) is 0 Å². The van der Waals surface area contributed by atoms with Gasteiger partial charge in [0.1, 0.15) is 0 Å².